The van der Waals surface area contributed by atoms with Gasteiger partial charge in [0.25, 0.3) is 0 Å². The van der Waals surface area contributed by atoms with E-state index in [1.165, 1.54) is 23.5 Å². The van der Waals surface area contributed by atoms with Gasteiger partial charge < -0.3 is 10.2 Å². The van der Waals surface area contributed by atoms with Crippen LogP contribution < -0.4 is 4.80 Å². The normalized spacial score (nSPS) is 12.4. The SMILES string of the molecule is C=C(C)CN=c1scc(-c2cc(Cl)ccc2Cl)n1N=C(C)c1ccc(O)cc1O. The molecule has 8 heteroatoms. The van der Waals surface area contributed by atoms with Crippen LogP contribution in [0.1, 0.15) is 19.4 Å². The summed E-state index contributed by atoms with van der Waals surface area (Å²) in [6, 6.07) is 9.59. The zero-order chi connectivity index (χ0) is 21.1. The van der Waals surface area contributed by atoms with Crippen LogP contribution in [0.3, 0.4) is 0 Å². The minimum absolute atomic E-state index is 0.0224. The van der Waals surface area contributed by atoms with Crippen molar-refractivity contribution in [2.75, 3.05) is 6.54 Å². The van der Waals surface area contributed by atoms with Gasteiger partial charge in [-0.2, -0.15) is 5.10 Å². The van der Waals surface area contributed by atoms with Crippen LogP contribution in [-0.4, -0.2) is 27.1 Å². The number of thiazole rings is 1. The third-order valence-electron chi connectivity index (χ3n) is 4.00. The predicted molar refractivity (Wildman–Crippen MR) is 120 cm³/mol. The number of phenols is 2. The molecule has 0 atom stereocenters. The first-order valence-corrected chi connectivity index (χ1v) is 10.3. The van der Waals surface area contributed by atoms with Gasteiger partial charge in [-0.15, -0.1) is 11.3 Å². The van der Waals surface area contributed by atoms with Gasteiger partial charge in [-0.25, -0.2) is 4.68 Å². The first-order chi connectivity index (χ1) is 13.8. The lowest BCUT2D eigenvalue weighted by Crippen LogP contribution is -2.15. The molecule has 0 saturated carbocycles. The maximum absolute atomic E-state index is 10.2. The van der Waals surface area contributed by atoms with E-state index in [2.05, 4.69) is 16.7 Å². The maximum Gasteiger partial charge on any atom is 0.206 e. The summed E-state index contributed by atoms with van der Waals surface area (Å²) in [6.07, 6.45) is 0. The lowest BCUT2D eigenvalue weighted by molar-refractivity contribution is 0.450. The third kappa shape index (κ3) is 4.90. The van der Waals surface area contributed by atoms with Crippen molar-refractivity contribution < 1.29 is 10.2 Å². The minimum Gasteiger partial charge on any atom is -0.508 e. The largest absolute Gasteiger partial charge is 0.508 e. The summed E-state index contributed by atoms with van der Waals surface area (Å²) in [6.45, 7) is 8.02. The molecule has 29 heavy (non-hydrogen) atoms. The molecule has 1 aromatic heterocycles. The Hall–Kier alpha value is -2.54. The van der Waals surface area contributed by atoms with E-state index in [0.29, 0.717) is 32.7 Å². The van der Waals surface area contributed by atoms with Gasteiger partial charge >= 0.3 is 0 Å². The van der Waals surface area contributed by atoms with Crippen molar-refractivity contribution in [3.8, 4) is 22.8 Å². The fourth-order valence-electron chi connectivity index (χ4n) is 2.62. The van der Waals surface area contributed by atoms with Crippen LogP contribution in [0.4, 0.5) is 0 Å². The van der Waals surface area contributed by atoms with Crippen molar-refractivity contribution in [3.05, 3.63) is 74.3 Å². The van der Waals surface area contributed by atoms with Gasteiger partial charge in [0.15, 0.2) is 0 Å². The van der Waals surface area contributed by atoms with Gasteiger partial charge in [0, 0.05) is 27.6 Å². The summed E-state index contributed by atoms with van der Waals surface area (Å²) < 4.78 is 1.67. The molecule has 1 heterocycles. The van der Waals surface area contributed by atoms with E-state index in [1.807, 2.05) is 12.3 Å². The molecule has 0 unspecified atom stereocenters. The van der Waals surface area contributed by atoms with Crippen LogP contribution in [0.2, 0.25) is 10.0 Å². The van der Waals surface area contributed by atoms with E-state index in [4.69, 9.17) is 23.2 Å². The van der Waals surface area contributed by atoms with Crippen LogP contribution in [0.25, 0.3) is 11.3 Å². The Labute approximate surface area is 182 Å². The highest BCUT2D eigenvalue weighted by Gasteiger charge is 2.14. The van der Waals surface area contributed by atoms with Crippen molar-refractivity contribution in [2.24, 2.45) is 10.1 Å². The standard InChI is InChI=1S/C21H19Cl2N3O2S/c1-12(2)10-24-21-26(25-13(3)16-6-5-15(27)9-20(16)28)19(11-29-21)17-8-14(22)4-7-18(17)23/h4-9,11,27-28H,1,10H2,2-3H3. The van der Waals surface area contributed by atoms with E-state index < -0.39 is 0 Å². The molecule has 3 rings (SSSR count). The summed E-state index contributed by atoms with van der Waals surface area (Å²) in [7, 11) is 0. The number of nitrogens with zero attached hydrogens (tertiary/aromatic N) is 3. The minimum atomic E-state index is -0.0650. The van der Waals surface area contributed by atoms with E-state index in [-0.39, 0.29) is 11.5 Å². The zero-order valence-electron chi connectivity index (χ0n) is 15.9. The molecule has 0 aliphatic rings. The van der Waals surface area contributed by atoms with Crippen LogP contribution in [0.15, 0.2) is 64.0 Å². The molecule has 0 bridgehead atoms. The van der Waals surface area contributed by atoms with Gasteiger partial charge in [0.1, 0.15) is 11.5 Å². The molecule has 0 saturated heterocycles. The number of phenolic OH excluding ortho intramolecular Hbond substituents is 2. The van der Waals surface area contributed by atoms with Crippen molar-refractivity contribution in [1.82, 2.24) is 4.68 Å². The Balaban J connectivity index is 2.21. The average Bonchev–Trinajstić information content (AvgIpc) is 3.04. The van der Waals surface area contributed by atoms with Crippen molar-refractivity contribution in [1.29, 1.82) is 0 Å². The zero-order valence-corrected chi connectivity index (χ0v) is 18.2. The van der Waals surface area contributed by atoms with Crippen LogP contribution in [0, 0.1) is 0 Å². The van der Waals surface area contributed by atoms with E-state index in [9.17, 15) is 10.2 Å². The molecule has 3 aromatic rings. The second kappa shape index (κ2) is 8.86. The predicted octanol–water partition coefficient (Wildman–Crippen LogP) is 5.68. The third-order valence-corrected chi connectivity index (χ3v) is 5.41. The molecule has 0 amide bonds. The van der Waals surface area contributed by atoms with Crippen molar-refractivity contribution in [3.63, 3.8) is 0 Å². The topological polar surface area (TPSA) is 70.1 Å². The van der Waals surface area contributed by atoms with E-state index in [1.54, 1.807) is 35.9 Å². The molecule has 0 spiro atoms. The van der Waals surface area contributed by atoms with Gasteiger partial charge in [0.2, 0.25) is 4.80 Å². The number of benzene rings is 2. The smallest absolute Gasteiger partial charge is 0.206 e. The number of rotatable bonds is 5. The average molecular weight is 448 g/mol. The molecule has 0 radical (unpaired) electrons. The molecule has 2 aromatic carbocycles. The van der Waals surface area contributed by atoms with Crippen molar-refractivity contribution in [2.45, 2.75) is 13.8 Å². The number of halogens is 2. The summed E-state index contributed by atoms with van der Waals surface area (Å²) in [5, 5.41) is 27.4. The summed E-state index contributed by atoms with van der Waals surface area (Å²) >= 11 is 14.0. The maximum atomic E-state index is 10.2. The highest BCUT2D eigenvalue weighted by molar-refractivity contribution is 7.07. The van der Waals surface area contributed by atoms with E-state index >= 15 is 0 Å². The van der Waals surface area contributed by atoms with Crippen LogP contribution in [-0.2, 0) is 0 Å². The van der Waals surface area contributed by atoms with Crippen molar-refractivity contribution >= 4 is 40.3 Å². The van der Waals surface area contributed by atoms with Crippen LogP contribution in [0.5, 0.6) is 11.5 Å². The molecular weight excluding hydrogens is 429 g/mol. The fraction of sp³-hybridized carbons (Fsp3) is 0.143. The van der Waals surface area contributed by atoms with Gasteiger partial charge in [-0.3, -0.25) is 4.99 Å². The van der Waals surface area contributed by atoms with Gasteiger partial charge in [-0.05, 0) is 44.2 Å². The Bertz CT molecular complexity index is 1180. The van der Waals surface area contributed by atoms with Crippen LogP contribution >= 0.6 is 34.5 Å². The molecular formula is C21H19Cl2N3O2S. The summed E-state index contributed by atoms with van der Waals surface area (Å²) in [4.78, 5) is 5.23. The molecule has 2 N–H and O–H groups in total. The number of aromatic hydroxyl groups is 2. The first-order valence-electron chi connectivity index (χ1n) is 8.65. The van der Waals surface area contributed by atoms with Gasteiger partial charge in [0.05, 0.1) is 23.0 Å². The Morgan fingerprint density at radius 1 is 1.14 bits per heavy atom. The quantitative estimate of drug-likeness (QED) is 0.389. The molecule has 0 aliphatic carbocycles. The second-order valence-corrected chi connectivity index (χ2v) is 8.18. The lowest BCUT2D eigenvalue weighted by Gasteiger charge is -2.09. The Morgan fingerprint density at radius 2 is 1.90 bits per heavy atom. The summed E-state index contributed by atoms with van der Waals surface area (Å²) in [5.74, 6) is -0.0874. The van der Waals surface area contributed by atoms with Gasteiger partial charge in [-0.1, -0.05) is 35.4 Å². The number of aromatic nitrogens is 1. The Morgan fingerprint density at radius 3 is 2.59 bits per heavy atom. The van der Waals surface area contributed by atoms with E-state index in [0.717, 1.165) is 16.8 Å². The molecule has 5 nitrogen and oxygen atoms in total. The fourth-order valence-corrected chi connectivity index (χ4v) is 3.82. The monoisotopic (exact) mass is 447 g/mol. The lowest BCUT2D eigenvalue weighted by atomic mass is 10.1. The second-order valence-electron chi connectivity index (χ2n) is 6.50. The number of hydrogen-bond acceptors (Lipinski definition) is 5. The number of hydrogen-bond donors (Lipinski definition) is 2. The molecule has 0 aliphatic heterocycles. The summed E-state index contributed by atoms with van der Waals surface area (Å²) in [5.41, 5.74) is 3.40. The highest BCUT2D eigenvalue weighted by atomic mass is 35.5. The molecule has 0 fully saturated rings. The molecule has 150 valence electrons. The highest BCUT2D eigenvalue weighted by Crippen LogP contribution is 2.31. The first kappa shape index (κ1) is 21.2. The Kier molecular flexibility index (Phi) is 6.47.